The van der Waals surface area contributed by atoms with Crippen LogP contribution in [0.3, 0.4) is 0 Å². The third-order valence-electron chi connectivity index (χ3n) is 6.20. The highest BCUT2D eigenvalue weighted by Crippen LogP contribution is 2.49. The van der Waals surface area contributed by atoms with Crippen molar-refractivity contribution < 1.29 is 4.79 Å². The predicted octanol–water partition coefficient (Wildman–Crippen LogP) is 1.66. The molecule has 2 heterocycles. The van der Waals surface area contributed by atoms with Gasteiger partial charge in [-0.3, -0.25) is 19.1 Å². The second kappa shape index (κ2) is 6.37. The monoisotopic (exact) mass is 356 g/mol. The van der Waals surface area contributed by atoms with Crippen molar-refractivity contribution in [2.75, 3.05) is 0 Å². The van der Waals surface area contributed by atoms with E-state index >= 15 is 0 Å². The van der Waals surface area contributed by atoms with Crippen molar-refractivity contribution in [3.8, 4) is 0 Å². The summed E-state index contributed by atoms with van der Waals surface area (Å²) in [5, 5.41) is 3.34. The molecule has 2 saturated carbocycles. The molecule has 2 aliphatic carbocycles. The maximum absolute atomic E-state index is 12.7. The number of aromatic nitrogens is 3. The van der Waals surface area contributed by atoms with Gasteiger partial charge >= 0.3 is 5.69 Å². The number of amides is 1. The van der Waals surface area contributed by atoms with Gasteiger partial charge in [-0.05, 0) is 56.9 Å². The van der Waals surface area contributed by atoms with Crippen LogP contribution in [0, 0.1) is 17.8 Å². The first-order valence-corrected chi connectivity index (χ1v) is 9.41. The van der Waals surface area contributed by atoms with Gasteiger partial charge in [0.2, 0.25) is 0 Å². The minimum Gasteiger partial charge on any atom is -0.349 e. The zero-order valence-corrected chi connectivity index (χ0v) is 15.1. The lowest BCUT2D eigenvalue weighted by Gasteiger charge is -2.28. The van der Waals surface area contributed by atoms with E-state index in [0.29, 0.717) is 23.7 Å². The van der Waals surface area contributed by atoms with Gasteiger partial charge in [0.15, 0.2) is 0 Å². The van der Waals surface area contributed by atoms with Crippen molar-refractivity contribution in [2.45, 2.75) is 52.1 Å². The van der Waals surface area contributed by atoms with Crippen LogP contribution < -0.4 is 16.6 Å². The Balaban J connectivity index is 1.59. The van der Waals surface area contributed by atoms with Gasteiger partial charge in [0, 0.05) is 18.8 Å². The van der Waals surface area contributed by atoms with Gasteiger partial charge in [-0.1, -0.05) is 6.42 Å². The molecule has 0 unspecified atom stereocenters. The summed E-state index contributed by atoms with van der Waals surface area (Å²) in [6.45, 7) is 4.27. The average Bonchev–Trinajstić information content (AvgIpc) is 3.25. The minimum absolute atomic E-state index is 0.108. The molecular formula is C19H24N4O3. The van der Waals surface area contributed by atoms with E-state index in [-0.39, 0.29) is 17.3 Å². The number of nitrogens with one attached hydrogen (secondary N) is 2. The topological polar surface area (TPSA) is 96.9 Å². The second-order valence-corrected chi connectivity index (χ2v) is 7.70. The predicted molar refractivity (Wildman–Crippen MR) is 98.2 cm³/mol. The first kappa shape index (κ1) is 17.0. The standard InChI is InChI=1S/C19H24N4O3/c1-3-23-16-15(18(25)22-19(23)26)8-13(9-20-16)17(24)21-10(2)14-7-11-4-5-12(14)6-11/h8-12,14H,3-7H2,1-2H3,(H,21,24)(H,22,25,26)/t10-,11+,12+,14-/m1/s1. The molecule has 0 saturated heterocycles. The molecule has 2 aromatic heterocycles. The third-order valence-corrected chi connectivity index (χ3v) is 6.20. The van der Waals surface area contributed by atoms with E-state index in [9.17, 15) is 14.4 Å². The number of fused-ring (bicyclic) bond motifs is 3. The molecule has 138 valence electrons. The van der Waals surface area contributed by atoms with Crippen LogP contribution in [0.4, 0.5) is 0 Å². The molecule has 2 aliphatic rings. The van der Waals surface area contributed by atoms with E-state index in [4.69, 9.17) is 0 Å². The SMILES string of the molecule is CCn1c(=O)[nH]c(=O)c2cc(C(=O)N[C@H](C)[C@H]3C[C@H]4CC[C@H]3C4)cnc21. The van der Waals surface area contributed by atoms with Crippen LogP contribution >= 0.6 is 0 Å². The van der Waals surface area contributed by atoms with Gasteiger partial charge < -0.3 is 5.32 Å². The summed E-state index contributed by atoms with van der Waals surface area (Å²) in [5.41, 5.74) is -0.351. The fourth-order valence-corrected chi connectivity index (χ4v) is 4.89. The van der Waals surface area contributed by atoms with Crippen molar-refractivity contribution in [2.24, 2.45) is 17.8 Å². The summed E-state index contributed by atoms with van der Waals surface area (Å²) in [6, 6.07) is 1.63. The summed E-state index contributed by atoms with van der Waals surface area (Å²) in [6.07, 6.45) is 6.54. The zero-order valence-electron chi connectivity index (χ0n) is 15.1. The lowest BCUT2D eigenvalue weighted by Crippen LogP contribution is -2.40. The van der Waals surface area contributed by atoms with Gasteiger partial charge in [0.1, 0.15) is 5.65 Å². The molecule has 7 heteroatoms. The maximum atomic E-state index is 12.7. The average molecular weight is 356 g/mol. The van der Waals surface area contributed by atoms with Gasteiger partial charge in [0.05, 0.1) is 10.9 Å². The Bertz CT molecular complexity index is 977. The van der Waals surface area contributed by atoms with Crippen LogP contribution in [-0.4, -0.2) is 26.5 Å². The Hall–Kier alpha value is -2.44. The summed E-state index contributed by atoms with van der Waals surface area (Å²) in [5.74, 6) is 1.88. The first-order chi connectivity index (χ1) is 12.5. The fraction of sp³-hybridized carbons (Fsp3) is 0.579. The number of H-pyrrole nitrogens is 1. The summed E-state index contributed by atoms with van der Waals surface area (Å²) in [7, 11) is 0. The van der Waals surface area contributed by atoms with Gasteiger partial charge in [-0.15, -0.1) is 0 Å². The van der Waals surface area contributed by atoms with Crippen LogP contribution in [0.2, 0.25) is 0 Å². The van der Waals surface area contributed by atoms with Crippen LogP contribution in [0.5, 0.6) is 0 Å². The van der Waals surface area contributed by atoms with Gasteiger partial charge in [0.25, 0.3) is 11.5 Å². The number of hydrogen-bond acceptors (Lipinski definition) is 4. The van der Waals surface area contributed by atoms with Crippen molar-refractivity contribution in [1.29, 1.82) is 0 Å². The molecule has 2 N–H and O–H groups in total. The van der Waals surface area contributed by atoms with Crippen LogP contribution in [0.1, 0.15) is 49.9 Å². The number of carbonyl (C=O) groups excluding carboxylic acids is 1. The van der Waals surface area contributed by atoms with Crippen LogP contribution in [0.15, 0.2) is 21.9 Å². The van der Waals surface area contributed by atoms with Crippen molar-refractivity contribution >= 4 is 16.9 Å². The number of carbonyl (C=O) groups is 1. The number of hydrogen-bond donors (Lipinski definition) is 2. The van der Waals surface area contributed by atoms with E-state index in [2.05, 4.69) is 22.2 Å². The Morgan fingerprint density at radius 2 is 2.19 bits per heavy atom. The molecule has 7 nitrogen and oxygen atoms in total. The quantitative estimate of drug-likeness (QED) is 0.871. The smallest absolute Gasteiger partial charge is 0.329 e. The zero-order chi connectivity index (χ0) is 18.4. The van der Waals surface area contributed by atoms with E-state index in [1.807, 2.05) is 0 Å². The molecule has 26 heavy (non-hydrogen) atoms. The lowest BCUT2D eigenvalue weighted by molar-refractivity contribution is 0.0915. The number of nitrogens with zero attached hydrogens (tertiary/aromatic N) is 2. The highest BCUT2D eigenvalue weighted by atomic mass is 16.2. The van der Waals surface area contributed by atoms with Gasteiger partial charge in [-0.2, -0.15) is 0 Å². The Morgan fingerprint density at radius 3 is 2.85 bits per heavy atom. The molecular weight excluding hydrogens is 332 g/mol. The molecule has 4 atom stereocenters. The molecule has 2 bridgehead atoms. The molecule has 2 fully saturated rings. The fourth-order valence-electron chi connectivity index (χ4n) is 4.89. The number of aromatic amines is 1. The Labute approximate surface area is 150 Å². The second-order valence-electron chi connectivity index (χ2n) is 7.70. The highest BCUT2D eigenvalue weighted by molar-refractivity contribution is 5.96. The Morgan fingerprint density at radius 1 is 1.38 bits per heavy atom. The lowest BCUT2D eigenvalue weighted by atomic mass is 9.84. The molecule has 0 radical (unpaired) electrons. The molecule has 4 rings (SSSR count). The molecule has 2 aromatic rings. The van der Waals surface area contributed by atoms with E-state index in [0.717, 1.165) is 11.8 Å². The summed E-state index contributed by atoms with van der Waals surface area (Å²) >= 11 is 0. The van der Waals surface area contributed by atoms with E-state index < -0.39 is 11.2 Å². The molecule has 0 aliphatic heterocycles. The normalized spacial score (nSPS) is 25.5. The highest BCUT2D eigenvalue weighted by Gasteiger charge is 2.42. The van der Waals surface area contributed by atoms with Crippen LogP contribution in [0.25, 0.3) is 11.0 Å². The van der Waals surface area contributed by atoms with Crippen molar-refractivity contribution in [3.05, 3.63) is 38.7 Å². The van der Waals surface area contributed by atoms with E-state index in [1.165, 1.54) is 42.5 Å². The van der Waals surface area contributed by atoms with E-state index in [1.54, 1.807) is 6.92 Å². The largest absolute Gasteiger partial charge is 0.349 e. The van der Waals surface area contributed by atoms with Crippen molar-refractivity contribution in [1.82, 2.24) is 19.9 Å². The number of pyridine rings is 1. The summed E-state index contributed by atoms with van der Waals surface area (Å²) in [4.78, 5) is 43.1. The molecule has 0 spiro atoms. The van der Waals surface area contributed by atoms with Crippen molar-refractivity contribution in [3.63, 3.8) is 0 Å². The number of aryl methyl sites for hydroxylation is 1. The Kier molecular flexibility index (Phi) is 4.17. The van der Waals surface area contributed by atoms with Gasteiger partial charge in [-0.25, -0.2) is 9.78 Å². The maximum Gasteiger partial charge on any atom is 0.329 e. The van der Waals surface area contributed by atoms with Crippen LogP contribution in [-0.2, 0) is 6.54 Å². The summed E-state index contributed by atoms with van der Waals surface area (Å²) < 4.78 is 1.39. The molecule has 1 amide bonds. The third kappa shape index (κ3) is 2.75. The molecule has 0 aromatic carbocycles. The first-order valence-electron chi connectivity index (χ1n) is 9.41. The number of rotatable bonds is 4. The minimum atomic E-state index is -0.516.